The molecule has 0 radical (unpaired) electrons. The number of fused-ring (bicyclic) bond motifs is 1. The minimum atomic E-state index is 0.292. The zero-order chi connectivity index (χ0) is 19.6. The lowest BCUT2D eigenvalue weighted by atomic mass is 9.71. The number of nitrogens with one attached hydrogen (secondary N) is 1. The van der Waals surface area contributed by atoms with Crippen molar-refractivity contribution >= 4 is 16.9 Å². The summed E-state index contributed by atoms with van der Waals surface area (Å²) in [7, 11) is 4.00. The lowest BCUT2D eigenvalue weighted by Crippen LogP contribution is -2.47. The summed E-state index contributed by atoms with van der Waals surface area (Å²) in [5, 5.41) is 0. The molecular formula is C22H32N4O2. The molecule has 0 aliphatic carbocycles. The number of rotatable bonds is 6. The predicted octanol–water partition coefficient (Wildman–Crippen LogP) is 2.70. The highest BCUT2D eigenvalue weighted by Crippen LogP contribution is 2.44. The van der Waals surface area contributed by atoms with Crippen molar-refractivity contribution in [3.8, 4) is 0 Å². The molecule has 1 unspecified atom stereocenters. The summed E-state index contributed by atoms with van der Waals surface area (Å²) in [6, 6.07) is 8.06. The van der Waals surface area contributed by atoms with E-state index in [2.05, 4.69) is 26.8 Å². The second kappa shape index (κ2) is 8.21. The van der Waals surface area contributed by atoms with Gasteiger partial charge in [0.25, 0.3) is 0 Å². The van der Waals surface area contributed by atoms with E-state index in [-0.39, 0.29) is 0 Å². The van der Waals surface area contributed by atoms with Gasteiger partial charge in [-0.15, -0.1) is 0 Å². The van der Waals surface area contributed by atoms with Crippen LogP contribution >= 0.6 is 0 Å². The van der Waals surface area contributed by atoms with Crippen molar-refractivity contribution < 1.29 is 9.53 Å². The fraction of sp³-hybridized carbons (Fsp3) is 0.636. The number of hydrogen-bond donors (Lipinski definition) is 1. The SMILES string of the molecule is COCC1CN(C)CC12CCN(C(=O)CCCc1nc3ccccc3[nH]1)CC2. The molecule has 0 bridgehead atoms. The predicted molar refractivity (Wildman–Crippen MR) is 110 cm³/mol. The number of imidazole rings is 1. The Morgan fingerprint density at radius 1 is 1.32 bits per heavy atom. The summed E-state index contributed by atoms with van der Waals surface area (Å²) in [6.07, 6.45) is 4.46. The van der Waals surface area contributed by atoms with Gasteiger partial charge in [-0.25, -0.2) is 4.98 Å². The second-order valence-corrected chi connectivity index (χ2v) is 8.65. The van der Waals surface area contributed by atoms with Gasteiger partial charge in [0, 0.05) is 52.0 Å². The molecule has 3 heterocycles. The number of carbonyl (C=O) groups excluding carboxylic acids is 1. The van der Waals surface area contributed by atoms with E-state index in [9.17, 15) is 4.79 Å². The molecule has 0 saturated carbocycles. The van der Waals surface area contributed by atoms with Crippen LogP contribution in [0.3, 0.4) is 0 Å². The number of ether oxygens (including phenoxy) is 1. The van der Waals surface area contributed by atoms with Gasteiger partial charge in [0.1, 0.15) is 5.82 Å². The van der Waals surface area contributed by atoms with Crippen LogP contribution in [-0.2, 0) is 16.0 Å². The lowest BCUT2D eigenvalue weighted by Gasteiger charge is -2.42. The molecule has 1 N–H and O–H groups in total. The maximum atomic E-state index is 12.7. The Kier molecular flexibility index (Phi) is 5.69. The molecule has 152 valence electrons. The van der Waals surface area contributed by atoms with E-state index in [0.29, 0.717) is 23.7 Å². The van der Waals surface area contributed by atoms with Crippen molar-refractivity contribution in [2.45, 2.75) is 32.1 Å². The molecule has 2 saturated heterocycles. The number of aromatic amines is 1. The van der Waals surface area contributed by atoms with Gasteiger partial charge in [0.2, 0.25) is 5.91 Å². The largest absolute Gasteiger partial charge is 0.384 e. The quantitative estimate of drug-likeness (QED) is 0.832. The molecule has 1 spiro atoms. The Labute approximate surface area is 167 Å². The molecule has 6 nitrogen and oxygen atoms in total. The Morgan fingerprint density at radius 3 is 2.86 bits per heavy atom. The van der Waals surface area contributed by atoms with E-state index < -0.39 is 0 Å². The summed E-state index contributed by atoms with van der Waals surface area (Å²) in [4.78, 5) is 25.2. The van der Waals surface area contributed by atoms with E-state index >= 15 is 0 Å². The van der Waals surface area contributed by atoms with Crippen molar-refractivity contribution in [3.63, 3.8) is 0 Å². The number of piperidine rings is 1. The number of aryl methyl sites for hydroxylation is 1. The Morgan fingerprint density at radius 2 is 2.11 bits per heavy atom. The van der Waals surface area contributed by atoms with Crippen LogP contribution < -0.4 is 0 Å². The second-order valence-electron chi connectivity index (χ2n) is 8.65. The first-order valence-corrected chi connectivity index (χ1v) is 10.5. The number of aromatic nitrogens is 2. The van der Waals surface area contributed by atoms with Gasteiger partial charge in [-0.1, -0.05) is 12.1 Å². The number of carbonyl (C=O) groups is 1. The van der Waals surface area contributed by atoms with Gasteiger partial charge in [0.15, 0.2) is 0 Å². The number of H-pyrrole nitrogens is 1. The molecule has 1 aromatic carbocycles. The van der Waals surface area contributed by atoms with E-state index in [1.54, 1.807) is 7.11 Å². The first-order chi connectivity index (χ1) is 13.6. The highest BCUT2D eigenvalue weighted by Gasteiger charge is 2.47. The minimum Gasteiger partial charge on any atom is -0.384 e. The Bertz CT molecular complexity index is 777. The highest BCUT2D eigenvalue weighted by atomic mass is 16.5. The molecule has 28 heavy (non-hydrogen) atoms. The van der Waals surface area contributed by atoms with Crippen molar-refractivity contribution in [1.82, 2.24) is 19.8 Å². The zero-order valence-electron chi connectivity index (χ0n) is 17.1. The number of hydrogen-bond acceptors (Lipinski definition) is 4. The van der Waals surface area contributed by atoms with Gasteiger partial charge >= 0.3 is 0 Å². The average Bonchev–Trinajstić information content (AvgIpc) is 3.23. The molecule has 2 aromatic rings. The molecular weight excluding hydrogens is 352 g/mol. The fourth-order valence-electron chi connectivity index (χ4n) is 5.19. The number of likely N-dealkylation sites (tertiary alicyclic amines) is 2. The topological polar surface area (TPSA) is 61.5 Å². The van der Waals surface area contributed by atoms with Gasteiger partial charge in [-0.05, 0) is 43.9 Å². The van der Waals surface area contributed by atoms with Crippen LogP contribution in [0.2, 0.25) is 0 Å². The summed E-state index contributed by atoms with van der Waals surface area (Å²) in [5.74, 6) is 1.86. The zero-order valence-corrected chi connectivity index (χ0v) is 17.1. The van der Waals surface area contributed by atoms with Crippen LogP contribution in [0.25, 0.3) is 11.0 Å². The third kappa shape index (κ3) is 3.94. The van der Waals surface area contributed by atoms with E-state index in [1.807, 2.05) is 24.3 Å². The summed E-state index contributed by atoms with van der Waals surface area (Å²) >= 11 is 0. The van der Waals surface area contributed by atoms with Crippen LogP contribution in [-0.4, -0.2) is 72.6 Å². The van der Waals surface area contributed by atoms with Crippen molar-refractivity contribution in [3.05, 3.63) is 30.1 Å². The molecule has 6 heteroatoms. The molecule has 2 aliphatic heterocycles. The van der Waals surface area contributed by atoms with Crippen molar-refractivity contribution in [2.75, 3.05) is 46.9 Å². The molecule has 2 aliphatic rings. The number of amides is 1. The van der Waals surface area contributed by atoms with Crippen LogP contribution in [0.15, 0.2) is 24.3 Å². The average molecular weight is 385 g/mol. The van der Waals surface area contributed by atoms with Crippen molar-refractivity contribution in [1.29, 1.82) is 0 Å². The van der Waals surface area contributed by atoms with Gasteiger partial charge < -0.3 is 19.5 Å². The first-order valence-electron chi connectivity index (χ1n) is 10.5. The number of benzene rings is 1. The third-order valence-corrected chi connectivity index (χ3v) is 6.71. The summed E-state index contributed by atoms with van der Waals surface area (Å²) in [5.41, 5.74) is 2.39. The summed E-state index contributed by atoms with van der Waals surface area (Å²) < 4.78 is 5.48. The molecule has 1 atom stereocenters. The third-order valence-electron chi connectivity index (χ3n) is 6.71. The first kappa shape index (κ1) is 19.4. The standard InChI is InChI=1S/C22H32N4O2/c1-25-14-17(15-28-2)22(16-25)10-12-26(13-11-22)21(27)9-5-8-20-23-18-6-3-4-7-19(18)24-20/h3-4,6-7,17H,5,8-16H2,1-2H3,(H,23,24). The van der Waals surface area contributed by atoms with Gasteiger partial charge in [0.05, 0.1) is 17.6 Å². The van der Waals surface area contributed by atoms with Gasteiger partial charge in [-0.3, -0.25) is 4.79 Å². The Balaban J connectivity index is 1.26. The highest BCUT2D eigenvalue weighted by molar-refractivity contribution is 5.76. The molecule has 4 rings (SSSR count). The maximum Gasteiger partial charge on any atom is 0.222 e. The van der Waals surface area contributed by atoms with E-state index in [0.717, 1.165) is 75.3 Å². The van der Waals surface area contributed by atoms with Crippen LogP contribution in [0.1, 0.15) is 31.5 Å². The van der Waals surface area contributed by atoms with Crippen molar-refractivity contribution in [2.24, 2.45) is 11.3 Å². The number of methoxy groups -OCH3 is 1. The fourth-order valence-corrected chi connectivity index (χ4v) is 5.19. The number of nitrogens with zero attached hydrogens (tertiary/aromatic N) is 3. The van der Waals surface area contributed by atoms with Crippen LogP contribution in [0.5, 0.6) is 0 Å². The molecule has 2 fully saturated rings. The smallest absolute Gasteiger partial charge is 0.222 e. The Hall–Kier alpha value is -1.92. The van der Waals surface area contributed by atoms with Gasteiger partial charge in [-0.2, -0.15) is 0 Å². The lowest BCUT2D eigenvalue weighted by molar-refractivity contribution is -0.134. The minimum absolute atomic E-state index is 0.292. The summed E-state index contributed by atoms with van der Waals surface area (Å²) in [6.45, 7) is 4.85. The monoisotopic (exact) mass is 384 g/mol. The normalized spacial score (nSPS) is 22.4. The maximum absolute atomic E-state index is 12.7. The molecule has 1 aromatic heterocycles. The van der Waals surface area contributed by atoms with Crippen LogP contribution in [0, 0.1) is 11.3 Å². The van der Waals surface area contributed by atoms with Crippen LogP contribution in [0.4, 0.5) is 0 Å². The van der Waals surface area contributed by atoms with E-state index in [4.69, 9.17) is 4.74 Å². The van der Waals surface area contributed by atoms with E-state index in [1.165, 1.54) is 0 Å². The number of para-hydroxylation sites is 2. The molecule has 1 amide bonds.